The molecule has 2 heterocycles. The molecule has 0 spiro atoms. The largest absolute Gasteiger partial charge is 0.748 e. The highest BCUT2D eigenvalue weighted by Gasteiger charge is 2.30. The molecule has 4 aromatic rings. The third kappa shape index (κ3) is 7.73. The number of aromatic nitrogens is 1. The Morgan fingerprint density at radius 3 is 2.42 bits per heavy atom. The highest BCUT2D eigenvalue weighted by molar-refractivity contribution is 7.85. The minimum Gasteiger partial charge on any atom is -0.748 e. The van der Waals surface area contributed by atoms with E-state index in [1.54, 1.807) is 25.3 Å². The van der Waals surface area contributed by atoms with Crippen molar-refractivity contribution in [2.24, 2.45) is 0 Å². The van der Waals surface area contributed by atoms with Gasteiger partial charge in [0.15, 0.2) is 12.3 Å². The molecular weight excluding hydrogens is 596 g/mol. The number of hydrogen-bond acceptors (Lipinski definition) is 9. The molecule has 0 aliphatic carbocycles. The number of anilines is 1. The molecule has 43 heavy (non-hydrogen) atoms. The maximum absolute atomic E-state index is 11.3. The maximum atomic E-state index is 11.3. The van der Waals surface area contributed by atoms with E-state index < -0.39 is 26.0 Å². The van der Waals surface area contributed by atoms with E-state index in [4.69, 9.17) is 13.9 Å². The molecule has 0 bridgehead atoms. The lowest BCUT2D eigenvalue weighted by Gasteiger charge is -2.18. The Kier molecular flexibility index (Phi) is 9.06. The van der Waals surface area contributed by atoms with E-state index in [-0.39, 0.29) is 18.6 Å². The molecule has 11 nitrogen and oxygen atoms in total. The zero-order valence-electron chi connectivity index (χ0n) is 23.5. The van der Waals surface area contributed by atoms with Crippen molar-refractivity contribution in [2.75, 3.05) is 30.1 Å². The van der Waals surface area contributed by atoms with E-state index in [1.165, 1.54) is 0 Å². The number of aryl methyl sites for hydroxylation is 1. The molecule has 13 heteroatoms. The van der Waals surface area contributed by atoms with Crippen molar-refractivity contribution in [3.63, 3.8) is 0 Å². The van der Waals surface area contributed by atoms with E-state index in [1.807, 2.05) is 64.1 Å². The minimum atomic E-state index is -4.32. The zero-order chi connectivity index (χ0) is 30.6. The Morgan fingerprint density at radius 1 is 0.930 bits per heavy atom. The van der Waals surface area contributed by atoms with Crippen molar-refractivity contribution in [1.82, 2.24) is 0 Å². The normalized spacial score (nSPS) is 14.3. The predicted molar refractivity (Wildman–Crippen MR) is 160 cm³/mol. The van der Waals surface area contributed by atoms with E-state index in [0.717, 1.165) is 22.3 Å². The molecule has 5 rings (SSSR count). The predicted octanol–water partition coefficient (Wildman–Crippen LogP) is 4.59. The van der Waals surface area contributed by atoms with Gasteiger partial charge in [-0.3, -0.25) is 4.55 Å². The van der Waals surface area contributed by atoms with Crippen LogP contribution in [-0.4, -0.2) is 51.1 Å². The summed E-state index contributed by atoms with van der Waals surface area (Å²) in [5.74, 6) is 1.31. The Bertz CT molecular complexity index is 1850. The van der Waals surface area contributed by atoms with Crippen LogP contribution in [0.1, 0.15) is 31.6 Å². The molecule has 1 aromatic heterocycles. The summed E-state index contributed by atoms with van der Waals surface area (Å²) in [6, 6.07) is 21.1. The molecule has 3 aromatic carbocycles. The number of ether oxygens (including phenoxy) is 2. The van der Waals surface area contributed by atoms with Crippen molar-refractivity contribution >= 4 is 43.1 Å². The van der Waals surface area contributed by atoms with Gasteiger partial charge < -0.3 is 23.3 Å². The van der Waals surface area contributed by atoms with Gasteiger partial charge in [-0.05, 0) is 48.6 Å². The molecule has 1 aliphatic heterocycles. The van der Waals surface area contributed by atoms with Gasteiger partial charge in [0.2, 0.25) is 11.5 Å². The summed E-state index contributed by atoms with van der Waals surface area (Å²) in [5, 5.41) is 0. The molecular formula is C30H32N2O9S2. The summed E-state index contributed by atoms with van der Waals surface area (Å²) < 4.78 is 84.9. The summed E-state index contributed by atoms with van der Waals surface area (Å²) >= 11 is 0. The van der Waals surface area contributed by atoms with Crippen molar-refractivity contribution in [3.8, 4) is 22.6 Å². The molecule has 0 unspecified atom stereocenters. The summed E-state index contributed by atoms with van der Waals surface area (Å²) in [6.07, 6.45) is 3.06. The van der Waals surface area contributed by atoms with Crippen LogP contribution in [0.2, 0.25) is 0 Å². The molecule has 0 saturated heterocycles. The van der Waals surface area contributed by atoms with Crippen LogP contribution in [0.3, 0.4) is 0 Å². The Balaban J connectivity index is 1.51. The van der Waals surface area contributed by atoms with Crippen LogP contribution < -0.4 is 18.9 Å². The van der Waals surface area contributed by atoms with E-state index in [2.05, 4.69) is 0 Å². The van der Waals surface area contributed by atoms with Crippen molar-refractivity contribution in [3.05, 3.63) is 78.5 Å². The third-order valence-corrected chi connectivity index (χ3v) is 8.68. The van der Waals surface area contributed by atoms with Gasteiger partial charge in [0, 0.05) is 30.9 Å². The van der Waals surface area contributed by atoms with Gasteiger partial charge in [-0.25, -0.2) is 8.42 Å². The quantitative estimate of drug-likeness (QED) is 0.127. The number of benzene rings is 3. The highest BCUT2D eigenvalue weighted by Crippen LogP contribution is 2.42. The second kappa shape index (κ2) is 12.8. The van der Waals surface area contributed by atoms with Gasteiger partial charge in [-0.2, -0.15) is 13.0 Å². The van der Waals surface area contributed by atoms with Crippen LogP contribution in [0.5, 0.6) is 11.5 Å². The lowest BCUT2D eigenvalue weighted by Crippen LogP contribution is -2.36. The van der Waals surface area contributed by atoms with Gasteiger partial charge in [0.05, 0.1) is 28.7 Å². The lowest BCUT2D eigenvalue weighted by molar-refractivity contribution is -0.678. The fraction of sp³-hybridized carbons (Fsp3) is 0.300. The van der Waals surface area contributed by atoms with Gasteiger partial charge in [-0.15, -0.1) is 0 Å². The standard InChI is InChI=1S/C30H32N2O9S2/c1-39-24-12-13-25-28(20-24)41-29(31(25)15-5-7-17-42(33,34)35)21-30-32(16-6-8-18-43(36,37)38)26-19-23(11-14-27(26)40-30)22-9-3-2-4-10-22/h2-4,9-14,19-21H,5-8,15-18H2,1H3,(H-,33,34,35,36,37,38). The highest BCUT2D eigenvalue weighted by atomic mass is 32.2. The van der Waals surface area contributed by atoms with Crippen molar-refractivity contribution in [2.45, 2.75) is 32.2 Å². The Hall–Kier alpha value is -3.91. The second-order valence-electron chi connectivity index (χ2n) is 10.2. The Labute approximate surface area is 250 Å². The summed E-state index contributed by atoms with van der Waals surface area (Å²) in [7, 11) is -6.85. The van der Waals surface area contributed by atoms with Crippen molar-refractivity contribution in [1.29, 1.82) is 0 Å². The molecule has 1 aliphatic rings. The van der Waals surface area contributed by atoms with Gasteiger partial charge in [-0.1, -0.05) is 36.4 Å². The summed E-state index contributed by atoms with van der Waals surface area (Å²) in [5.41, 5.74) is 4.09. The SMILES string of the molecule is COc1ccc2c(c1)oc(C=C1Oc3ccc(-c4ccccc4)cc3N1CCCCS(=O)(=O)O)[n+]2CCCCS(=O)(=O)[O-]. The molecule has 0 radical (unpaired) electrons. The molecule has 0 fully saturated rings. The molecule has 1 N–H and O–H groups in total. The first-order chi connectivity index (χ1) is 20.5. The molecule has 0 atom stereocenters. The summed E-state index contributed by atoms with van der Waals surface area (Å²) in [4.78, 5) is 1.94. The second-order valence-corrected chi connectivity index (χ2v) is 13.3. The van der Waals surface area contributed by atoms with Crippen LogP contribution in [0.4, 0.5) is 5.69 Å². The first-order valence-corrected chi connectivity index (χ1v) is 16.9. The summed E-state index contributed by atoms with van der Waals surface area (Å²) in [6.45, 7) is 0.787. The van der Waals surface area contributed by atoms with E-state index in [9.17, 15) is 25.9 Å². The average Bonchev–Trinajstić information content (AvgIpc) is 3.48. The van der Waals surface area contributed by atoms with Gasteiger partial charge in [0.25, 0.3) is 15.6 Å². The van der Waals surface area contributed by atoms with Crippen LogP contribution in [-0.2, 0) is 26.8 Å². The van der Waals surface area contributed by atoms with E-state index >= 15 is 0 Å². The fourth-order valence-corrected chi connectivity index (χ4v) is 6.14. The maximum Gasteiger partial charge on any atom is 0.379 e. The first-order valence-electron chi connectivity index (χ1n) is 13.8. The van der Waals surface area contributed by atoms with Crippen LogP contribution >= 0.6 is 0 Å². The average molecular weight is 629 g/mol. The van der Waals surface area contributed by atoms with Crippen LogP contribution in [0.25, 0.3) is 28.3 Å². The molecule has 0 amide bonds. The number of fused-ring (bicyclic) bond motifs is 2. The Morgan fingerprint density at radius 2 is 1.70 bits per heavy atom. The smallest absolute Gasteiger partial charge is 0.379 e. The third-order valence-electron chi connectivity index (χ3n) is 7.08. The first kappa shape index (κ1) is 30.5. The van der Waals surface area contributed by atoms with E-state index in [0.29, 0.717) is 54.8 Å². The number of oxazole rings is 1. The van der Waals surface area contributed by atoms with Gasteiger partial charge >= 0.3 is 5.89 Å². The molecule has 0 saturated carbocycles. The number of unbranched alkanes of at least 4 members (excludes halogenated alkanes) is 2. The number of hydrogen-bond donors (Lipinski definition) is 1. The molecule has 228 valence electrons. The number of nitrogens with zero attached hydrogens (tertiary/aromatic N) is 2. The monoisotopic (exact) mass is 628 g/mol. The van der Waals surface area contributed by atoms with Gasteiger partial charge in [0.1, 0.15) is 11.8 Å². The van der Waals surface area contributed by atoms with Crippen LogP contribution in [0.15, 0.2) is 77.0 Å². The fourth-order valence-electron chi connectivity index (χ4n) is 5.01. The van der Waals surface area contributed by atoms with Crippen molar-refractivity contribution < 1.29 is 44.4 Å². The topological polar surface area (TPSA) is 150 Å². The minimum absolute atomic E-state index is 0.196. The lowest BCUT2D eigenvalue weighted by atomic mass is 10.0. The number of rotatable bonds is 13. The number of methoxy groups -OCH3 is 1. The zero-order valence-corrected chi connectivity index (χ0v) is 25.1. The van der Waals surface area contributed by atoms with Crippen LogP contribution in [0, 0.1) is 0 Å².